The number of amides is 1. The Morgan fingerprint density at radius 3 is 2.62 bits per heavy atom. The van der Waals surface area contributed by atoms with Crippen LogP contribution in [0.1, 0.15) is 29.5 Å². The first-order valence-electron chi connectivity index (χ1n) is 11.9. The van der Waals surface area contributed by atoms with E-state index < -0.39 is 17.5 Å². The van der Waals surface area contributed by atoms with Crippen LogP contribution in [-0.2, 0) is 16.9 Å². The molecule has 5 rings (SSSR count). The van der Waals surface area contributed by atoms with E-state index in [1.165, 1.54) is 0 Å². The van der Waals surface area contributed by atoms with Gasteiger partial charge in [-0.05, 0) is 71.4 Å². The van der Waals surface area contributed by atoms with Crippen LogP contribution >= 0.6 is 27.5 Å². The molecule has 0 saturated carbocycles. The Labute approximate surface area is 227 Å². The van der Waals surface area contributed by atoms with Crippen molar-refractivity contribution in [1.29, 1.82) is 0 Å². The Hall–Kier alpha value is -3.14. The van der Waals surface area contributed by atoms with E-state index in [-0.39, 0.29) is 10.8 Å². The molecular weight excluding hydrogens is 562 g/mol. The van der Waals surface area contributed by atoms with Gasteiger partial charge in [-0.3, -0.25) is 19.8 Å². The summed E-state index contributed by atoms with van der Waals surface area (Å²) in [5, 5.41) is 16.1. The van der Waals surface area contributed by atoms with Gasteiger partial charge in [-0.2, -0.15) is 0 Å². The first kappa shape index (κ1) is 25.5. The predicted molar refractivity (Wildman–Crippen MR) is 144 cm³/mol. The van der Waals surface area contributed by atoms with Gasteiger partial charge in [0.1, 0.15) is 6.61 Å². The highest BCUT2D eigenvalue weighted by Gasteiger charge is 2.68. The second-order valence-corrected chi connectivity index (χ2v) is 10.5. The van der Waals surface area contributed by atoms with E-state index in [0.717, 1.165) is 5.56 Å². The number of likely N-dealkylation sites (tertiary alicyclic amines) is 1. The van der Waals surface area contributed by atoms with Crippen LogP contribution in [0.4, 0.5) is 5.69 Å². The first-order valence-corrected chi connectivity index (χ1v) is 13.0. The third kappa shape index (κ3) is 4.24. The van der Waals surface area contributed by atoms with E-state index >= 15 is 0 Å². The van der Waals surface area contributed by atoms with Crippen molar-refractivity contribution in [1.82, 2.24) is 4.90 Å². The summed E-state index contributed by atoms with van der Waals surface area (Å²) in [5.74, 6) is 0.0242. The van der Waals surface area contributed by atoms with Crippen molar-refractivity contribution in [3.05, 3.63) is 97.0 Å². The van der Waals surface area contributed by atoms with Crippen molar-refractivity contribution >= 4 is 39.1 Å². The number of ether oxygens (including phenoxy) is 2. The van der Waals surface area contributed by atoms with Crippen molar-refractivity contribution < 1.29 is 19.2 Å². The number of rotatable bonds is 7. The zero-order chi connectivity index (χ0) is 26.3. The predicted octanol–water partition coefficient (Wildman–Crippen LogP) is 5.60. The Balaban J connectivity index is 1.53. The maximum absolute atomic E-state index is 13.4. The molecule has 1 fully saturated rings. The van der Waals surface area contributed by atoms with Crippen molar-refractivity contribution in [3.8, 4) is 11.5 Å². The van der Waals surface area contributed by atoms with Gasteiger partial charge in [-0.1, -0.05) is 41.9 Å². The highest BCUT2D eigenvalue weighted by atomic mass is 79.9. The second-order valence-electron chi connectivity index (χ2n) is 9.16. The molecule has 0 aliphatic carbocycles. The highest BCUT2D eigenvalue weighted by Crippen LogP contribution is 2.53. The summed E-state index contributed by atoms with van der Waals surface area (Å²) < 4.78 is 12.6. The van der Waals surface area contributed by atoms with Crippen LogP contribution in [0.15, 0.2) is 65.1 Å². The van der Waals surface area contributed by atoms with E-state index in [0.29, 0.717) is 57.6 Å². The van der Waals surface area contributed by atoms with E-state index in [2.05, 4.69) is 21.2 Å². The molecule has 192 valence electrons. The van der Waals surface area contributed by atoms with Gasteiger partial charge in [0.15, 0.2) is 17.0 Å². The number of nitrogens with one attached hydrogen (secondary N) is 1. The van der Waals surface area contributed by atoms with Crippen LogP contribution in [0, 0.1) is 10.1 Å². The van der Waals surface area contributed by atoms with Gasteiger partial charge < -0.3 is 14.8 Å². The Morgan fingerprint density at radius 1 is 1.19 bits per heavy atom. The summed E-state index contributed by atoms with van der Waals surface area (Å²) in [4.78, 5) is 27.5. The fourth-order valence-electron chi connectivity index (χ4n) is 5.52. The smallest absolute Gasteiger partial charge is 0.256 e. The number of nitrogens with zero attached hydrogens (tertiary/aromatic N) is 2. The van der Waals surface area contributed by atoms with Crippen molar-refractivity contribution in [2.24, 2.45) is 0 Å². The Bertz CT molecular complexity index is 1370. The first-order chi connectivity index (χ1) is 17.8. The average Bonchev–Trinajstić information content (AvgIpc) is 3.34. The zero-order valence-corrected chi connectivity index (χ0v) is 22.6. The van der Waals surface area contributed by atoms with Gasteiger partial charge in [0.05, 0.1) is 17.0 Å². The van der Waals surface area contributed by atoms with Crippen LogP contribution in [0.2, 0.25) is 5.02 Å². The number of nitro groups is 1. The summed E-state index contributed by atoms with van der Waals surface area (Å²) in [6, 6.07) is 16.9. The van der Waals surface area contributed by atoms with Gasteiger partial charge in [0, 0.05) is 27.7 Å². The summed E-state index contributed by atoms with van der Waals surface area (Å²) in [7, 11) is 1.76. The minimum atomic E-state index is -1.41. The molecule has 0 aromatic heterocycles. The monoisotopic (exact) mass is 585 g/mol. The van der Waals surface area contributed by atoms with Gasteiger partial charge >= 0.3 is 0 Å². The topological polar surface area (TPSA) is 93.9 Å². The minimum Gasteiger partial charge on any atom is -0.490 e. The quantitative estimate of drug-likeness (QED) is 0.286. The number of anilines is 1. The lowest BCUT2D eigenvalue weighted by atomic mass is 9.79. The average molecular weight is 587 g/mol. The largest absolute Gasteiger partial charge is 0.490 e. The number of para-hydroxylation sites is 1. The number of carbonyl (C=O) groups is 1. The normalized spacial score (nSPS) is 22.6. The molecule has 2 aliphatic heterocycles. The number of benzene rings is 3. The minimum absolute atomic E-state index is 0.291. The highest BCUT2D eigenvalue weighted by molar-refractivity contribution is 9.10. The number of carbonyl (C=O) groups excluding carboxylic acids is 1. The number of likely N-dealkylation sites (N-methyl/N-ethyl adjacent to an activating group) is 1. The third-order valence-electron chi connectivity index (χ3n) is 7.10. The lowest BCUT2D eigenvalue weighted by molar-refractivity contribution is -0.534. The molecule has 2 aliphatic rings. The van der Waals surface area contributed by atoms with E-state index in [1.54, 1.807) is 54.4 Å². The van der Waals surface area contributed by atoms with Crippen LogP contribution < -0.4 is 14.8 Å². The zero-order valence-electron chi connectivity index (χ0n) is 20.2. The van der Waals surface area contributed by atoms with Gasteiger partial charge in [-0.15, -0.1) is 0 Å². The van der Waals surface area contributed by atoms with Crippen LogP contribution in [0.3, 0.4) is 0 Å². The molecule has 0 bridgehead atoms. The second kappa shape index (κ2) is 9.96. The number of fused-ring (bicyclic) bond motifs is 2. The van der Waals surface area contributed by atoms with Crippen LogP contribution in [0.5, 0.6) is 11.5 Å². The lowest BCUT2D eigenvalue weighted by Gasteiger charge is -2.30. The molecule has 1 N–H and O–H groups in total. The molecule has 3 aromatic carbocycles. The number of hydrogen-bond acceptors (Lipinski definition) is 6. The molecule has 1 spiro atoms. The van der Waals surface area contributed by atoms with Gasteiger partial charge in [-0.25, -0.2) is 0 Å². The molecule has 0 unspecified atom stereocenters. The summed E-state index contributed by atoms with van der Waals surface area (Å²) in [6.07, 6.45) is 0. The Kier molecular flexibility index (Phi) is 6.87. The van der Waals surface area contributed by atoms with Crippen LogP contribution in [-0.4, -0.2) is 42.0 Å². The van der Waals surface area contributed by atoms with E-state index in [9.17, 15) is 14.9 Å². The Morgan fingerprint density at radius 2 is 1.92 bits per heavy atom. The summed E-state index contributed by atoms with van der Waals surface area (Å²) in [6.45, 7) is 2.85. The molecule has 1 saturated heterocycles. The maximum Gasteiger partial charge on any atom is 0.256 e. The molecule has 37 heavy (non-hydrogen) atoms. The molecule has 0 radical (unpaired) electrons. The summed E-state index contributed by atoms with van der Waals surface area (Å²) >= 11 is 9.58. The van der Waals surface area contributed by atoms with E-state index in [1.807, 2.05) is 25.1 Å². The third-order valence-corrected chi connectivity index (χ3v) is 7.94. The molecule has 8 nitrogen and oxygen atoms in total. The SMILES string of the molecule is CCOc1cc([C@@H]2CN(C)[C@@]3(C(=O)Nc4ccccc43)[C@H]2[N+](=O)[O-])cc(Br)c1OCc1ccc(Cl)cc1. The van der Waals surface area contributed by atoms with Crippen LogP contribution in [0.25, 0.3) is 0 Å². The van der Waals surface area contributed by atoms with Crippen molar-refractivity contribution in [3.63, 3.8) is 0 Å². The lowest BCUT2D eigenvalue weighted by Crippen LogP contribution is -2.54. The molecule has 1 amide bonds. The number of hydrogen-bond donors (Lipinski definition) is 1. The van der Waals surface area contributed by atoms with Gasteiger partial charge in [0.2, 0.25) is 0 Å². The van der Waals surface area contributed by atoms with Crippen molar-refractivity contribution in [2.75, 3.05) is 25.5 Å². The van der Waals surface area contributed by atoms with E-state index in [4.69, 9.17) is 21.1 Å². The summed E-state index contributed by atoms with van der Waals surface area (Å²) in [5.41, 5.74) is 1.44. The van der Waals surface area contributed by atoms with Gasteiger partial charge in [0.25, 0.3) is 11.9 Å². The number of halogens is 2. The molecule has 3 atom stereocenters. The molecule has 2 heterocycles. The fraction of sp³-hybridized carbons (Fsp3) is 0.296. The van der Waals surface area contributed by atoms with Crippen molar-refractivity contribution in [2.45, 2.75) is 31.0 Å². The molecule has 3 aromatic rings. The standard InChI is InChI=1S/C27H25BrClN3O5/c1-3-36-23-13-17(12-21(28)24(23)37-15-16-8-10-18(29)11-9-16)19-14-31(2)27(25(19)32(34)35)20-6-4-5-7-22(20)30-26(27)33/h4-13,19,25H,3,14-15H2,1-2H3,(H,30,33)/t19-,25-,27+/m0/s1. The maximum atomic E-state index is 13.4. The fourth-order valence-corrected chi connectivity index (χ4v) is 6.22. The molecular formula is C27H25BrClN3O5. The molecule has 10 heteroatoms.